The Bertz CT molecular complexity index is 806. The van der Waals surface area contributed by atoms with E-state index < -0.39 is 23.0 Å². The van der Waals surface area contributed by atoms with Crippen LogP contribution >= 0.6 is 0 Å². The van der Waals surface area contributed by atoms with Gasteiger partial charge in [-0.3, -0.25) is 24.5 Å². The standard InChI is InChI=1S/C12H11N5O4/c1-6(8-10(19)14-12(21)15-11(8)20)16-17-9(18)7-2-4-13-5-3-7/h2-5H,1H3,(H,17,18)(H3,14,15,19,20,21)/b16-6+. The van der Waals surface area contributed by atoms with Crippen molar-refractivity contribution in [3.8, 4) is 5.88 Å². The molecule has 4 N–H and O–H groups in total. The number of amides is 1. The summed E-state index contributed by atoms with van der Waals surface area (Å²) in [5.74, 6) is -1.12. The van der Waals surface area contributed by atoms with Gasteiger partial charge in [0.15, 0.2) is 0 Å². The zero-order valence-electron chi connectivity index (χ0n) is 10.9. The van der Waals surface area contributed by atoms with Gasteiger partial charge in [0, 0.05) is 18.0 Å². The van der Waals surface area contributed by atoms with E-state index in [2.05, 4.69) is 15.5 Å². The average molecular weight is 289 g/mol. The summed E-state index contributed by atoms with van der Waals surface area (Å²) in [6, 6.07) is 2.98. The van der Waals surface area contributed by atoms with E-state index in [1.165, 1.54) is 31.5 Å². The molecular weight excluding hydrogens is 278 g/mol. The number of aromatic hydroxyl groups is 1. The van der Waals surface area contributed by atoms with Gasteiger partial charge in [0.2, 0.25) is 5.88 Å². The number of hydrazone groups is 1. The van der Waals surface area contributed by atoms with Crippen molar-refractivity contribution in [3.05, 3.63) is 56.5 Å². The first-order valence-corrected chi connectivity index (χ1v) is 5.79. The lowest BCUT2D eigenvalue weighted by atomic mass is 10.2. The summed E-state index contributed by atoms with van der Waals surface area (Å²) >= 11 is 0. The number of hydrogen-bond acceptors (Lipinski definition) is 6. The summed E-state index contributed by atoms with van der Waals surface area (Å²) in [5.41, 5.74) is 0.721. The van der Waals surface area contributed by atoms with Crippen molar-refractivity contribution in [1.29, 1.82) is 0 Å². The van der Waals surface area contributed by atoms with E-state index in [0.717, 1.165) is 0 Å². The summed E-state index contributed by atoms with van der Waals surface area (Å²) in [6.07, 6.45) is 2.90. The SMILES string of the molecule is C/C(=N\NC(=O)c1ccncc1)c1c(O)[nH]c(=O)[nH]c1=O. The lowest BCUT2D eigenvalue weighted by Crippen LogP contribution is -2.28. The van der Waals surface area contributed by atoms with Gasteiger partial charge in [0.05, 0.1) is 5.71 Å². The number of rotatable bonds is 3. The fourth-order valence-corrected chi connectivity index (χ4v) is 1.57. The van der Waals surface area contributed by atoms with Crippen LogP contribution in [0.15, 0.2) is 39.2 Å². The van der Waals surface area contributed by atoms with Gasteiger partial charge in [-0.05, 0) is 19.1 Å². The molecule has 1 amide bonds. The predicted molar refractivity (Wildman–Crippen MR) is 73.3 cm³/mol. The number of nitrogens with zero attached hydrogens (tertiary/aromatic N) is 2. The number of H-pyrrole nitrogens is 2. The first-order valence-electron chi connectivity index (χ1n) is 5.79. The smallest absolute Gasteiger partial charge is 0.328 e. The highest BCUT2D eigenvalue weighted by Gasteiger charge is 2.12. The van der Waals surface area contributed by atoms with Crippen LogP contribution < -0.4 is 16.7 Å². The molecule has 2 aromatic rings. The Morgan fingerprint density at radius 1 is 1.29 bits per heavy atom. The Kier molecular flexibility index (Phi) is 3.93. The zero-order valence-corrected chi connectivity index (χ0v) is 10.9. The number of aromatic amines is 2. The highest BCUT2D eigenvalue weighted by molar-refractivity contribution is 6.01. The van der Waals surface area contributed by atoms with E-state index in [9.17, 15) is 19.5 Å². The molecule has 0 atom stereocenters. The molecule has 0 aliphatic rings. The van der Waals surface area contributed by atoms with Gasteiger partial charge >= 0.3 is 5.69 Å². The van der Waals surface area contributed by atoms with Gasteiger partial charge in [-0.2, -0.15) is 5.10 Å². The number of nitrogens with one attached hydrogen (secondary N) is 3. The molecule has 9 nitrogen and oxygen atoms in total. The minimum Gasteiger partial charge on any atom is -0.494 e. The lowest BCUT2D eigenvalue weighted by Gasteiger charge is -2.03. The van der Waals surface area contributed by atoms with Crippen LogP contribution in [0.4, 0.5) is 0 Å². The third kappa shape index (κ3) is 3.21. The number of aromatic nitrogens is 3. The van der Waals surface area contributed by atoms with E-state index in [1.807, 2.05) is 9.97 Å². The Hall–Kier alpha value is -3.23. The van der Waals surface area contributed by atoms with Crippen molar-refractivity contribution in [1.82, 2.24) is 20.4 Å². The van der Waals surface area contributed by atoms with Crippen molar-refractivity contribution in [2.24, 2.45) is 5.10 Å². The van der Waals surface area contributed by atoms with Crippen LogP contribution in [0, 0.1) is 0 Å². The van der Waals surface area contributed by atoms with Crippen molar-refractivity contribution >= 4 is 11.6 Å². The highest BCUT2D eigenvalue weighted by Crippen LogP contribution is 2.06. The maximum absolute atomic E-state index is 11.8. The number of hydrogen-bond donors (Lipinski definition) is 4. The highest BCUT2D eigenvalue weighted by atomic mass is 16.3. The maximum atomic E-state index is 11.8. The van der Waals surface area contributed by atoms with E-state index in [1.54, 1.807) is 0 Å². The molecule has 0 aliphatic carbocycles. The first-order chi connectivity index (χ1) is 9.99. The molecule has 2 heterocycles. The van der Waals surface area contributed by atoms with Gasteiger partial charge in [-0.1, -0.05) is 0 Å². The maximum Gasteiger partial charge on any atom is 0.328 e. The molecule has 9 heteroatoms. The second-order valence-corrected chi connectivity index (χ2v) is 4.01. The van der Waals surface area contributed by atoms with Crippen LogP contribution in [0.3, 0.4) is 0 Å². The minimum atomic E-state index is -0.838. The molecule has 0 saturated heterocycles. The summed E-state index contributed by atoms with van der Waals surface area (Å²) in [5, 5.41) is 13.3. The molecule has 0 bridgehead atoms. The Morgan fingerprint density at radius 3 is 2.57 bits per heavy atom. The summed E-state index contributed by atoms with van der Waals surface area (Å²) in [6.45, 7) is 1.40. The Labute approximate surface area is 117 Å². The number of carbonyl (C=O) groups is 1. The molecule has 0 fully saturated rings. The summed E-state index contributed by atoms with van der Waals surface area (Å²) in [7, 11) is 0. The molecule has 0 saturated carbocycles. The van der Waals surface area contributed by atoms with E-state index in [-0.39, 0.29) is 11.3 Å². The largest absolute Gasteiger partial charge is 0.494 e. The minimum absolute atomic E-state index is 0.0346. The fourth-order valence-electron chi connectivity index (χ4n) is 1.57. The topological polar surface area (TPSA) is 140 Å². The van der Waals surface area contributed by atoms with E-state index in [0.29, 0.717) is 5.56 Å². The predicted octanol–water partition coefficient (Wildman–Crippen LogP) is -0.682. The van der Waals surface area contributed by atoms with Crippen LogP contribution in [-0.4, -0.2) is 31.7 Å². The molecule has 0 unspecified atom stereocenters. The number of pyridine rings is 1. The van der Waals surface area contributed by atoms with Gasteiger partial charge in [0.1, 0.15) is 5.56 Å². The molecule has 0 spiro atoms. The summed E-state index contributed by atoms with van der Waals surface area (Å²) in [4.78, 5) is 42.0. The van der Waals surface area contributed by atoms with Gasteiger partial charge in [-0.15, -0.1) is 0 Å². The molecule has 0 radical (unpaired) electrons. The van der Waals surface area contributed by atoms with Gasteiger partial charge < -0.3 is 5.11 Å². The fraction of sp³-hybridized carbons (Fsp3) is 0.0833. The molecule has 2 rings (SSSR count). The van der Waals surface area contributed by atoms with Crippen molar-refractivity contribution in [2.75, 3.05) is 0 Å². The lowest BCUT2D eigenvalue weighted by molar-refractivity contribution is 0.0954. The van der Waals surface area contributed by atoms with E-state index >= 15 is 0 Å². The van der Waals surface area contributed by atoms with E-state index in [4.69, 9.17) is 0 Å². The zero-order chi connectivity index (χ0) is 15.4. The second kappa shape index (κ2) is 5.82. The quantitative estimate of drug-likeness (QED) is 0.437. The van der Waals surface area contributed by atoms with Gasteiger partial charge in [-0.25, -0.2) is 10.2 Å². The van der Waals surface area contributed by atoms with Crippen molar-refractivity contribution < 1.29 is 9.90 Å². The average Bonchev–Trinajstić information content (AvgIpc) is 2.44. The van der Waals surface area contributed by atoms with Crippen molar-refractivity contribution in [3.63, 3.8) is 0 Å². The van der Waals surface area contributed by atoms with Crippen molar-refractivity contribution in [2.45, 2.75) is 6.92 Å². The van der Waals surface area contributed by atoms with Crippen LogP contribution in [0.25, 0.3) is 0 Å². The first kappa shape index (κ1) is 14.2. The van der Waals surface area contributed by atoms with Crippen LogP contribution in [0.5, 0.6) is 5.88 Å². The Balaban J connectivity index is 2.25. The Morgan fingerprint density at radius 2 is 1.95 bits per heavy atom. The third-order valence-electron chi connectivity index (χ3n) is 2.55. The molecule has 21 heavy (non-hydrogen) atoms. The molecular formula is C12H11N5O4. The van der Waals surface area contributed by atoms with Crippen LogP contribution in [0.2, 0.25) is 0 Å². The molecule has 0 aliphatic heterocycles. The van der Waals surface area contributed by atoms with Gasteiger partial charge in [0.25, 0.3) is 11.5 Å². The second-order valence-electron chi connectivity index (χ2n) is 4.01. The number of carbonyl (C=O) groups excluding carboxylic acids is 1. The summed E-state index contributed by atoms with van der Waals surface area (Å²) < 4.78 is 0. The molecule has 108 valence electrons. The normalized spacial score (nSPS) is 11.2. The molecule has 2 aromatic heterocycles. The monoisotopic (exact) mass is 289 g/mol. The third-order valence-corrected chi connectivity index (χ3v) is 2.55. The molecule has 0 aromatic carbocycles. The van der Waals surface area contributed by atoms with Crippen LogP contribution in [0.1, 0.15) is 22.8 Å². The van der Waals surface area contributed by atoms with Crippen LogP contribution in [-0.2, 0) is 0 Å².